The van der Waals surface area contributed by atoms with Gasteiger partial charge in [-0.05, 0) is 37.1 Å². The average molecular weight is 394 g/mol. The lowest BCUT2D eigenvalue weighted by Gasteiger charge is -2.32. The number of carbonyl (C=O) groups excluding carboxylic acids is 1. The summed E-state index contributed by atoms with van der Waals surface area (Å²) in [5.41, 5.74) is 1.21. The summed E-state index contributed by atoms with van der Waals surface area (Å²) in [6.07, 6.45) is 1.23. The number of para-hydroxylation sites is 2. The Kier molecular flexibility index (Phi) is 5.64. The van der Waals surface area contributed by atoms with Crippen molar-refractivity contribution in [3.05, 3.63) is 62.6 Å². The molecular weight excluding hydrogens is 377 g/mol. The molecule has 1 fully saturated rings. The van der Waals surface area contributed by atoms with Gasteiger partial charge in [0.15, 0.2) is 0 Å². The molecule has 0 aromatic heterocycles. The normalized spacial score (nSPS) is 14.9. The van der Waals surface area contributed by atoms with Gasteiger partial charge in [0, 0.05) is 30.1 Å². The Morgan fingerprint density at radius 3 is 2.50 bits per heavy atom. The summed E-state index contributed by atoms with van der Waals surface area (Å²) in [4.78, 5) is 25.3. The maximum Gasteiger partial charge on any atom is 0.292 e. The Morgan fingerprint density at radius 1 is 1.15 bits per heavy atom. The number of piperidine rings is 1. The van der Waals surface area contributed by atoms with Crippen LogP contribution in [0.5, 0.6) is 0 Å². The van der Waals surface area contributed by atoms with E-state index in [1.165, 1.54) is 6.07 Å². The molecule has 0 atom stereocenters. The second-order valence-electron chi connectivity index (χ2n) is 6.12. The Morgan fingerprint density at radius 2 is 1.85 bits per heavy atom. The van der Waals surface area contributed by atoms with Crippen LogP contribution in [-0.2, 0) is 4.79 Å². The molecule has 2 aromatic carbocycles. The van der Waals surface area contributed by atoms with E-state index in [2.05, 4.69) is 5.32 Å². The molecular formula is C18H17Cl2N3O3. The summed E-state index contributed by atoms with van der Waals surface area (Å²) in [6.45, 7) is 1.16. The molecule has 0 spiro atoms. The molecule has 0 radical (unpaired) electrons. The fourth-order valence-corrected chi connectivity index (χ4v) is 3.55. The van der Waals surface area contributed by atoms with Gasteiger partial charge in [0.2, 0.25) is 5.91 Å². The van der Waals surface area contributed by atoms with Gasteiger partial charge in [-0.3, -0.25) is 14.9 Å². The summed E-state index contributed by atoms with van der Waals surface area (Å²) in [7, 11) is 0. The number of nitrogens with one attached hydrogen (secondary N) is 1. The zero-order chi connectivity index (χ0) is 18.7. The Bertz CT molecular complexity index is 836. The van der Waals surface area contributed by atoms with Crippen molar-refractivity contribution in [3.8, 4) is 0 Å². The number of halogens is 2. The molecule has 3 rings (SSSR count). The largest absolute Gasteiger partial charge is 0.366 e. The number of benzene rings is 2. The fraction of sp³-hybridized carbons (Fsp3) is 0.278. The molecule has 26 heavy (non-hydrogen) atoms. The summed E-state index contributed by atoms with van der Waals surface area (Å²) in [6, 6.07) is 11.6. The van der Waals surface area contributed by atoms with Gasteiger partial charge < -0.3 is 10.2 Å². The number of nitro benzene ring substituents is 1. The Hall–Kier alpha value is -2.31. The second kappa shape index (κ2) is 7.93. The van der Waals surface area contributed by atoms with E-state index in [4.69, 9.17) is 23.2 Å². The van der Waals surface area contributed by atoms with Crippen LogP contribution in [0.2, 0.25) is 10.0 Å². The van der Waals surface area contributed by atoms with Gasteiger partial charge >= 0.3 is 0 Å². The van der Waals surface area contributed by atoms with Crippen LogP contribution >= 0.6 is 23.2 Å². The average Bonchev–Trinajstić information content (AvgIpc) is 2.64. The lowest BCUT2D eigenvalue weighted by Crippen LogP contribution is -2.38. The first-order valence-corrected chi connectivity index (χ1v) is 8.95. The van der Waals surface area contributed by atoms with Gasteiger partial charge in [-0.25, -0.2) is 0 Å². The zero-order valence-corrected chi connectivity index (χ0v) is 15.3. The first kappa shape index (κ1) is 18.5. The van der Waals surface area contributed by atoms with Crippen molar-refractivity contribution in [1.29, 1.82) is 0 Å². The Balaban J connectivity index is 1.63. The van der Waals surface area contributed by atoms with Crippen molar-refractivity contribution in [1.82, 2.24) is 0 Å². The van der Waals surface area contributed by atoms with Gasteiger partial charge in [-0.15, -0.1) is 0 Å². The van der Waals surface area contributed by atoms with Crippen molar-refractivity contribution < 1.29 is 9.72 Å². The summed E-state index contributed by atoms with van der Waals surface area (Å²) < 4.78 is 0. The summed E-state index contributed by atoms with van der Waals surface area (Å²) in [5.74, 6) is -0.266. The molecule has 0 aliphatic carbocycles. The van der Waals surface area contributed by atoms with Gasteiger partial charge in [0.25, 0.3) is 5.69 Å². The minimum absolute atomic E-state index is 0.0864. The molecule has 0 bridgehead atoms. The van der Waals surface area contributed by atoms with Gasteiger partial charge in [0.05, 0.1) is 15.6 Å². The third-order valence-corrected chi connectivity index (χ3v) is 5.02. The molecule has 136 valence electrons. The van der Waals surface area contributed by atoms with Crippen molar-refractivity contribution in [2.45, 2.75) is 12.8 Å². The van der Waals surface area contributed by atoms with E-state index in [0.717, 1.165) is 0 Å². The maximum atomic E-state index is 12.5. The Labute approximate surface area is 160 Å². The van der Waals surface area contributed by atoms with E-state index in [-0.39, 0.29) is 22.4 Å². The number of nitro groups is 1. The van der Waals surface area contributed by atoms with Crippen molar-refractivity contribution in [2.75, 3.05) is 23.3 Å². The quantitative estimate of drug-likeness (QED) is 0.600. The molecule has 0 saturated carbocycles. The van der Waals surface area contributed by atoms with E-state index in [1.807, 2.05) is 4.90 Å². The third-order valence-electron chi connectivity index (χ3n) is 4.47. The van der Waals surface area contributed by atoms with E-state index in [1.54, 1.807) is 36.4 Å². The van der Waals surface area contributed by atoms with Crippen molar-refractivity contribution in [3.63, 3.8) is 0 Å². The predicted molar refractivity (Wildman–Crippen MR) is 103 cm³/mol. The highest BCUT2D eigenvalue weighted by molar-refractivity contribution is 6.36. The van der Waals surface area contributed by atoms with Crippen LogP contribution in [0.1, 0.15) is 12.8 Å². The summed E-state index contributed by atoms with van der Waals surface area (Å²) in [5, 5.41) is 14.9. The highest BCUT2D eigenvalue weighted by Gasteiger charge is 2.28. The zero-order valence-electron chi connectivity index (χ0n) is 13.8. The van der Waals surface area contributed by atoms with Crippen LogP contribution in [0, 0.1) is 16.0 Å². The number of hydrogen-bond acceptors (Lipinski definition) is 4. The number of rotatable bonds is 4. The first-order chi connectivity index (χ1) is 12.5. The van der Waals surface area contributed by atoms with Crippen molar-refractivity contribution >= 4 is 46.2 Å². The number of amides is 1. The highest BCUT2D eigenvalue weighted by atomic mass is 35.5. The van der Waals surface area contributed by atoms with Crippen LogP contribution < -0.4 is 10.2 Å². The van der Waals surface area contributed by atoms with Crippen LogP contribution in [0.15, 0.2) is 42.5 Å². The monoisotopic (exact) mass is 393 g/mol. The SMILES string of the molecule is O=C(Nc1ccc(Cl)cc1Cl)C1CCN(c2ccccc2[N+](=O)[O-])CC1. The minimum atomic E-state index is -0.378. The highest BCUT2D eigenvalue weighted by Crippen LogP contribution is 2.32. The molecule has 1 saturated heterocycles. The smallest absolute Gasteiger partial charge is 0.292 e. The third kappa shape index (κ3) is 4.08. The van der Waals surface area contributed by atoms with Crippen LogP contribution in [0.25, 0.3) is 0 Å². The standard InChI is InChI=1S/C18H17Cl2N3O3/c19-13-5-6-15(14(20)11-13)21-18(24)12-7-9-22(10-8-12)16-3-1-2-4-17(16)23(25)26/h1-6,11-12H,7-10H2,(H,21,24). The van der Waals surface area contributed by atoms with Crippen LogP contribution in [0.3, 0.4) is 0 Å². The van der Waals surface area contributed by atoms with E-state index >= 15 is 0 Å². The topological polar surface area (TPSA) is 75.5 Å². The van der Waals surface area contributed by atoms with Gasteiger partial charge in [-0.2, -0.15) is 0 Å². The lowest BCUT2D eigenvalue weighted by atomic mass is 9.95. The molecule has 8 heteroatoms. The first-order valence-electron chi connectivity index (χ1n) is 8.20. The van der Waals surface area contributed by atoms with Gasteiger partial charge in [-0.1, -0.05) is 35.3 Å². The molecule has 1 amide bonds. The van der Waals surface area contributed by atoms with E-state index in [0.29, 0.717) is 47.4 Å². The predicted octanol–water partition coefficient (Wildman–Crippen LogP) is 4.76. The molecule has 1 N–H and O–H groups in total. The molecule has 1 aliphatic heterocycles. The number of nitrogens with zero attached hydrogens (tertiary/aromatic N) is 2. The second-order valence-corrected chi connectivity index (χ2v) is 6.96. The molecule has 0 unspecified atom stereocenters. The number of hydrogen-bond donors (Lipinski definition) is 1. The maximum absolute atomic E-state index is 12.5. The fourth-order valence-electron chi connectivity index (χ4n) is 3.09. The van der Waals surface area contributed by atoms with Gasteiger partial charge in [0.1, 0.15) is 5.69 Å². The van der Waals surface area contributed by atoms with Crippen LogP contribution in [-0.4, -0.2) is 23.9 Å². The number of carbonyl (C=O) groups is 1. The molecule has 1 heterocycles. The summed E-state index contributed by atoms with van der Waals surface area (Å²) >= 11 is 12.0. The molecule has 1 aliphatic rings. The van der Waals surface area contributed by atoms with Crippen LogP contribution in [0.4, 0.5) is 17.1 Å². The molecule has 6 nitrogen and oxygen atoms in total. The number of anilines is 2. The molecule has 2 aromatic rings. The van der Waals surface area contributed by atoms with Crippen molar-refractivity contribution in [2.24, 2.45) is 5.92 Å². The lowest BCUT2D eigenvalue weighted by molar-refractivity contribution is -0.384. The van der Waals surface area contributed by atoms with E-state index in [9.17, 15) is 14.9 Å². The van der Waals surface area contributed by atoms with E-state index < -0.39 is 0 Å². The minimum Gasteiger partial charge on any atom is -0.366 e.